The molecule has 1 fully saturated rings. The molecule has 1 unspecified atom stereocenters. The number of amides is 2. The van der Waals surface area contributed by atoms with Crippen molar-refractivity contribution in [2.45, 2.75) is 25.8 Å². The summed E-state index contributed by atoms with van der Waals surface area (Å²) in [5.41, 5.74) is -0.00128. The summed E-state index contributed by atoms with van der Waals surface area (Å²) < 4.78 is 26.4. The highest BCUT2D eigenvalue weighted by molar-refractivity contribution is 5.89. The molecule has 20 heavy (non-hydrogen) atoms. The van der Waals surface area contributed by atoms with Gasteiger partial charge < -0.3 is 15.5 Å². The lowest BCUT2D eigenvalue weighted by atomic mass is 10.1. The topological polar surface area (TPSA) is 44.4 Å². The third-order valence-electron chi connectivity index (χ3n) is 3.49. The molecule has 2 rings (SSSR count). The zero-order chi connectivity index (χ0) is 14.5. The Hall–Kier alpha value is -1.69. The number of rotatable bonds is 3. The molecule has 0 saturated carbocycles. The van der Waals surface area contributed by atoms with Gasteiger partial charge in [-0.05, 0) is 38.4 Å². The van der Waals surface area contributed by atoms with Crippen molar-refractivity contribution in [1.82, 2.24) is 10.2 Å². The van der Waals surface area contributed by atoms with E-state index in [1.54, 1.807) is 4.90 Å². The van der Waals surface area contributed by atoms with Crippen molar-refractivity contribution < 1.29 is 13.6 Å². The molecule has 1 aromatic rings. The second-order valence-corrected chi connectivity index (χ2v) is 4.84. The Morgan fingerprint density at radius 2 is 2.30 bits per heavy atom. The number of nitrogens with zero attached hydrogens (tertiary/aromatic N) is 1. The van der Waals surface area contributed by atoms with Gasteiger partial charge >= 0.3 is 6.03 Å². The molecule has 4 nitrogen and oxygen atoms in total. The van der Waals surface area contributed by atoms with Gasteiger partial charge in [-0.1, -0.05) is 0 Å². The van der Waals surface area contributed by atoms with E-state index in [1.807, 2.05) is 6.92 Å². The van der Waals surface area contributed by atoms with Gasteiger partial charge in [-0.3, -0.25) is 0 Å². The first-order valence-corrected chi connectivity index (χ1v) is 6.85. The molecule has 1 heterocycles. The number of piperidine rings is 1. The Morgan fingerprint density at radius 3 is 2.90 bits per heavy atom. The summed E-state index contributed by atoms with van der Waals surface area (Å²) in [5, 5.41) is 5.75. The van der Waals surface area contributed by atoms with Crippen molar-refractivity contribution >= 4 is 11.7 Å². The van der Waals surface area contributed by atoms with Crippen molar-refractivity contribution in [3.8, 4) is 0 Å². The first-order valence-electron chi connectivity index (χ1n) is 6.85. The summed E-state index contributed by atoms with van der Waals surface area (Å²) in [6.45, 7) is 4.13. The second-order valence-electron chi connectivity index (χ2n) is 4.84. The molecular weight excluding hydrogens is 264 g/mol. The second kappa shape index (κ2) is 6.65. The van der Waals surface area contributed by atoms with Gasteiger partial charge in [-0.25, -0.2) is 13.6 Å². The van der Waals surface area contributed by atoms with Crippen molar-refractivity contribution in [1.29, 1.82) is 0 Å². The van der Waals surface area contributed by atoms with Crippen LogP contribution in [0.3, 0.4) is 0 Å². The van der Waals surface area contributed by atoms with Crippen LogP contribution in [0.4, 0.5) is 19.3 Å². The molecule has 0 aromatic heterocycles. The van der Waals surface area contributed by atoms with Crippen LogP contribution in [0, 0.1) is 11.6 Å². The van der Waals surface area contributed by atoms with Crippen molar-refractivity contribution in [2.24, 2.45) is 0 Å². The van der Waals surface area contributed by atoms with Gasteiger partial charge in [0, 0.05) is 25.2 Å². The van der Waals surface area contributed by atoms with Crippen LogP contribution in [0.1, 0.15) is 19.8 Å². The maximum Gasteiger partial charge on any atom is 0.322 e. The number of carbonyl (C=O) groups excluding carboxylic acids is 1. The highest BCUT2D eigenvalue weighted by Gasteiger charge is 2.24. The standard InChI is InChI=1S/C14H19F2N3O/c1-2-19(11-4-3-7-17-9-11)14(20)18-13-6-5-10(15)8-12(13)16/h5-6,8,11,17H,2-4,7,9H2,1H3,(H,18,20). The van der Waals surface area contributed by atoms with E-state index in [4.69, 9.17) is 0 Å². The lowest BCUT2D eigenvalue weighted by Gasteiger charge is -2.33. The van der Waals surface area contributed by atoms with Crippen LogP contribution in [0.5, 0.6) is 0 Å². The molecule has 0 bridgehead atoms. The lowest BCUT2D eigenvalue weighted by molar-refractivity contribution is 0.177. The van der Waals surface area contributed by atoms with E-state index in [0.29, 0.717) is 6.54 Å². The number of benzene rings is 1. The highest BCUT2D eigenvalue weighted by Crippen LogP contribution is 2.17. The van der Waals surface area contributed by atoms with E-state index in [-0.39, 0.29) is 17.8 Å². The Balaban J connectivity index is 2.04. The van der Waals surface area contributed by atoms with E-state index in [2.05, 4.69) is 10.6 Å². The predicted molar refractivity (Wildman–Crippen MR) is 73.6 cm³/mol. The lowest BCUT2D eigenvalue weighted by Crippen LogP contribution is -2.50. The molecule has 1 atom stereocenters. The third kappa shape index (κ3) is 3.45. The van der Waals surface area contributed by atoms with Gasteiger partial charge in [0.15, 0.2) is 0 Å². The van der Waals surface area contributed by atoms with Crippen LogP contribution in [0.15, 0.2) is 18.2 Å². The Kier molecular flexibility index (Phi) is 4.89. The average Bonchev–Trinajstić information content (AvgIpc) is 2.44. The summed E-state index contributed by atoms with van der Waals surface area (Å²) in [6.07, 6.45) is 1.94. The van der Waals surface area contributed by atoms with Gasteiger partial charge in [0.2, 0.25) is 0 Å². The summed E-state index contributed by atoms with van der Waals surface area (Å²) in [5.74, 6) is -1.43. The first-order chi connectivity index (χ1) is 9.61. The van der Waals surface area contributed by atoms with Gasteiger partial charge in [0.1, 0.15) is 11.6 Å². The Bertz CT molecular complexity index is 475. The zero-order valence-electron chi connectivity index (χ0n) is 11.5. The third-order valence-corrected chi connectivity index (χ3v) is 3.49. The molecule has 0 aliphatic carbocycles. The van der Waals surface area contributed by atoms with Crippen LogP contribution in [-0.2, 0) is 0 Å². The molecule has 1 saturated heterocycles. The molecule has 2 amide bonds. The van der Waals surface area contributed by atoms with Crippen LogP contribution in [0.2, 0.25) is 0 Å². The molecule has 0 radical (unpaired) electrons. The summed E-state index contributed by atoms with van der Waals surface area (Å²) in [7, 11) is 0. The van der Waals surface area contributed by atoms with Crippen molar-refractivity contribution in [2.75, 3.05) is 25.0 Å². The normalized spacial score (nSPS) is 18.6. The summed E-state index contributed by atoms with van der Waals surface area (Å²) >= 11 is 0. The Morgan fingerprint density at radius 1 is 1.50 bits per heavy atom. The van der Waals surface area contributed by atoms with Gasteiger partial charge in [-0.15, -0.1) is 0 Å². The first kappa shape index (κ1) is 14.7. The minimum atomic E-state index is -0.767. The molecule has 6 heteroatoms. The van der Waals surface area contributed by atoms with Crippen LogP contribution < -0.4 is 10.6 Å². The summed E-state index contributed by atoms with van der Waals surface area (Å²) in [4.78, 5) is 13.9. The maximum atomic E-state index is 13.5. The van der Waals surface area contributed by atoms with Gasteiger partial charge in [0.25, 0.3) is 0 Å². The number of hydrogen-bond donors (Lipinski definition) is 2. The van der Waals surface area contributed by atoms with E-state index in [1.165, 1.54) is 6.07 Å². The smallest absolute Gasteiger partial charge is 0.321 e. The summed E-state index contributed by atoms with van der Waals surface area (Å²) in [6, 6.07) is 2.87. The van der Waals surface area contributed by atoms with E-state index >= 15 is 0 Å². The van der Waals surface area contributed by atoms with Crippen molar-refractivity contribution in [3.63, 3.8) is 0 Å². The number of anilines is 1. The van der Waals surface area contributed by atoms with E-state index < -0.39 is 11.6 Å². The number of likely N-dealkylation sites (N-methyl/N-ethyl adjacent to an activating group) is 1. The molecule has 1 aliphatic heterocycles. The SMILES string of the molecule is CCN(C(=O)Nc1ccc(F)cc1F)C1CCCNC1. The quantitative estimate of drug-likeness (QED) is 0.895. The largest absolute Gasteiger partial charge is 0.322 e. The number of hydrogen-bond acceptors (Lipinski definition) is 2. The van der Waals surface area contributed by atoms with Crippen LogP contribution >= 0.6 is 0 Å². The molecular formula is C14H19F2N3O. The van der Waals surface area contributed by atoms with E-state index in [0.717, 1.165) is 38.1 Å². The van der Waals surface area contributed by atoms with Crippen LogP contribution in [-0.4, -0.2) is 36.6 Å². The molecule has 0 spiro atoms. The Labute approximate surface area is 117 Å². The zero-order valence-corrected chi connectivity index (χ0v) is 11.5. The number of urea groups is 1. The van der Waals surface area contributed by atoms with E-state index in [9.17, 15) is 13.6 Å². The average molecular weight is 283 g/mol. The van der Waals surface area contributed by atoms with Gasteiger partial charge in [0.05, 0.1) is 5.69 Å². The number of halogens is 2. The fraction of sp³-hybridized carbons (Fsp3) is 0.500. The number of nitrogens with one attached hydrogen (secondary N) is 2. The maximum absolute atomic E-state index is 13.5. The van der Waals surface area contributed by atoms with Crippen molar-refractivity contribution in [3.05, 3.63) is 29.8 Å². The fourth-order valence-electron chi connectivity index (χ4n) is 2.44. The molecule has 1 aliphatic rings. The minimum Gasteiger partial charge on any atom is -0.321 e. The fourth-order valence-corrected chi connectivity index (χ4v) is 2.44. The molecule has 1 aromatic carbocycles. The van der Waals surface area contributed by atoms with Gasteiger partial charge in [-0.2, -0.15) is 0 Å². The van der Waals surface area contributed by atoms with Crippen LogP contribution in [0.25, 0.3) is 0 Å². The molecule has 2 N–H and O–H groups in total. The number of carbonyl (C=O) groups is 1. The monoisotopic (exact) mass is 283 g/mol. The molecule has 110 valence electrons. The minimum absolute atomic E-state index is 0.00128. The highest BCUT2D eigenvalue weighted by atomic mass is 19.1. The predicted octanol–water partition coefficient (Wildman–Crippen LogP) is 2.57.